The van der Waals surface area contributed by atoms with E-state index in [2.05, 4.69) is 20.6 Å². The van der Waals surface area contributed by atoms with E-state index in [4.69, 9.17) is 9.47 Å². The highest BCUT2D eigenvalue weighted by molar-refractivity contribution is 6.03. The Balaban J connectivity index is 1.55. The fourth-order valence-corrected chi connectivity index (χ4v) is 2.74. The van der Waals surface area contributed by atoms with Gasteiger partial charge in [0.15, 0.2) is 0 Å². The van der Waals surface area contributed by atoms with E-state index in [1.807, 2.05) is 43.3 Å². The predicted molar refractivity (Wildman–Crippen MR) is 113 cm³/mol. The molecule has 0 aliphatic heterocycles. The van der Waals surface area contributed by atoms with Gasteiger partial charge in [-0.15, -0.1) is 0 Å². The minimum Gasteiger partial charge on any atom is -0.497 e. The minimum atomic E-state index is -0.340. The van der Waals surface area contributed by atoms with Crippen molar-refractivity contribution in [3.05, 3.63) is 72.2 Å². The van der Waals surface area contributed by atoms with Crippen molar-refractivity contribution in [3.8, 4) is 11.5 Å². The predicted octanol–water partition coefficient (Wildman–Crippen LogP) is 3.79. The second-order valence-electron chi connectivity index (χ2n) is 6.20. The van der Waals surface area contributed by atoms with Gasteiger partial charge in [-0.05, 0) is 43.2 Å². The summed E-state index contributed by atoms with van der Waals surface area (Å²) in [5.74, 6) is 1.72. The zero-order valence-electron chi connectivity index (χ0n) is 16.5. The van der Waals surface area contributed by atoms with Crippen LogP contribution in [0.15, 0.2) is 60.9 Å². The Bertz CT molecular complexity index is 945. The van der Waals surface area contributed by atoms with Crippen LogP contribution in [0.1, 0.15) is 23.0 Å². The Morgan fingerprint density at radius 2 is 1.93 bits per heavy atom. The Morgan fingerprint density at radius 1 is 1.07 bits per heavy atom. The van der Waals surface area contributed by atoms with Gasteiger partial charge in [0.2, 0.25) is 0 Å². The summed E-state index contributed by atoms with van der Waals surface area (Å²) >= 11 is 0. The van der Waals surface area contributed by atoms with Crippen molar-refractivity contribution in [2.24, 2.45) is 0 Å². The molecule has 1 heterocycles. The lowest BCUT2D eigenvalue weighted by Crippen LogP contribution is -2.15. The number of para-hydroxylation sites is 2. The molecule has 2 aromatic carbocycles. The van der Waals surface area contributed by atoms with Crippen molar-refractivity contribution in [2.45, 2.75) is 13.3 Å². The first-order chi connectivity index (χ1) is 14.2. The molecule has 0 radical (unpaired) electrons. The molecule has 0 bridgehead atoms. The smallest absolute Gasteiger partial charge is 0.275 e. The van der Waals surface area contributed by atoms with Gasteiger partial charge in [-0.1, -0.05) is 24.3 Å². The Morgan fingerprint density at radius 3 is 2.69 bits per heavy atom. The molecule has 0 fully saturated rings. The van der Waals surface area contributed by atoms with Crippen LogP contribution in [0.5, 0.6) is 11.5 Å². The average Bonchev–Trinajstić information content (AvgIpc) is 2.76. The van der Waals surface area contributed by atoms with Crippen molar-refractivity contribution in [3.63, 3.8) is 0 Å². The summed E-state index contributed by atoms with van der Waals surface area (Å²) < 4.78 is 10.7. The zero-order valence-corrected chi connectivity index (χ0v) is 16.5. The quantitative estimate of drug-likeness (QED) is 0.576. The van der Waals surface area contributed by atoms with E-state index in [1.165, 1.54) is 6.20 Å². The van der Waals surface area contributed by atoms with E-state index in [1.54, 1.807) is 25.4 Å². The first-order valence-electron chi connectivity index (χ1n) is 9.41. The molecular weight excluding hydrogens is 368 g/mol. The largest absolute Gasteiger partial charge is 0.497 e. The Kier molecular flexibility index (Phi) is 7.00. The Hall–Kier alpha value is -3.61. The molecule has 0 aliphatic rings. The maximum absolute atomic E-state index is 12.4. The molecule has 0 unspecified atom stereocenters. The number of hydrogen-bond acceptors (Lipinski definition) is 6. The number of ether oxygens (including phenoxy) is 2. The summed E-state index contributed by atoms with van der Waals surface area (Å²) in [6.45, 7) is 3.10. The van der Waals surface area contributed by atoms with Crippen LogP contribution in [0.4, 0.5) is 11.5 Å². The maximum atomic E-state index is 12.4. The molecule has 150 valence electrons. The molecule has 0 aliphatic carbocycles. The summed E-state index contributed by atoms with van der Waals surface area (Å²) in [5, 5.41) is 6.01. The number of benzene rings is 2. The summed E-state index contributed by atoms with van der Waals surface area (Å²) in [7, 11) is 1.65. The number of methoxy groups -OCH3 is 1. The third kappa shape index (κ3) is 5.68. The van der Waals surface area contributed by atoms with Crippen LogP contribution in [0.3, 0.4) is 0 Å². The van der Waals surface area contributed by atoms with Crippen molar-refractivity contribution < 1.29 is 14.3 Å². The van der Waals surface area contributed by atoms with Crippen LogP contribution in [0.2, 0.25) is 0 Å². The molecule has 29 heavy (non-hydrogen) atoms. The first-order valence-corrected chi connectivity index (χ1v) is 9.41. The van der Waals surface area contributed by atoms with Crippen LogP contribution in [0.25, 0.3) is 0 Å². The molecule has 7 nitrogen and oxygen atoms in total. The van der Waals surface area contributed by atoms with E-state index in [9.17, 15) is 4.79 Å². The van der Waals surface area contributed by atoms with E-state index >= 15 is 0 Å². The average molecular weight is 392 g/mol. The second-order valence-corrected chi connectivity index (χ2v) is 6.20. The van der Waals surface area contributed by atoms with E-state index < -0.39 is 0 Å². The highest BCUT2D eigenvalue weighted by Crippen LogP contribution is 2.24. The van der Waals surface area contributed by atoms with Crippen molar-refractivity contribution in [2.75, 3.05) is 30.9 Å². The SMILES string of the molecule is CCOc1ccccc1NC(=O)c1cnc(NCCc2cccc(OC)c2)cn1. The number of anilines is 2. The topological polar surface area (TPSA) is 85.4 Å². The third-order valence-electron chi connectivity index (χ3n) is 4.17. The van der Waals surface area contributed by atoms with Crippen molar-refractivity contribution in [1.29, 1.82) is 0 Å². The van der Waals surface area contributed by atoms with Crippen LogP contribution in [-0.2, 0) is 6.42 Å². The molecule has 3 rings (SSSR count). The molecule has 0 saturated heterocycles. The number of nitrogens with zero attached hydrogens (tertiary/aromatic N) is 2. The van der Waals surface area contributed by atoms with Gasteiger partial charge in [-0.3, -0.25) is 4.79 Å². The van der Waals surface area contributed by atoms with Gasteiger partial charge in [0.25, 0.3) is 5.91 Å². The fraction of sp³-hybridized carbons (Fsp3) is 0.227. The first kappa shape index (κ1) is 20.1. The summed E-state index contributed by atoms with van der Waals surface area (Å²) in [6, 6.07) is 15.2. The van der Waals surface area contributed by atoms with Crippen molar-refractivity contribution >= 4 is 17.4 Å². The van der Waals surface area contributed by atoms with Crippen LogP contribution < -0.4 is 20.1 Å². The van der Waals surface area contributed by atoms with Crippen LogP contribution in [0, 0.1) is 0 Å². The van der Waals surface area contributed by atoms with E-state index in [-0.39, 0.29) is 11.6 Å². The number of carbonyl (C=O) groups is 1. The number of nitrogens with one attached hydrogen (secondary N) is 2. The molecule has 1 amide bonds. The minimum absolute atomic E-state index is 0.231. The standard InChI is InChI=1S/C22H24N4O3/c1-3-29-20-10-5-4-9-18(20)26-22(27)19-14-25-21(15-24-19)23-12-11-16-7-6-8-17(13-16)28-2/h4-10,13-15H,3,11-12H2,1-2H3,(H,23,25)(H,26,27). The molecular formula is C22H24N4O3. The van der Waals surface area contributed by atoms with Gasteiger partial charge in [0.05, 0.1) is 31.8 Å². The number of rotatable bonds is 9. The Labute approximate surface area is 170 Å². The number of carbonyl (C=O) groups excluding carboxylic acids is 1. The van der Waals surface area contributed by atoms with Crippen LogP contribution in [-0.4, -0.2) is 36.1 Å². The van der Waals surface area contributed by atoms with Gasteiger partial charge in [0, 0.05) is 6.54 Å². The summed E-state index contributed by atoms with van der Waals surface area (Å²) in [5.41, 5.74) is 1.99. The molecule has 7 heteroatoms. The zero-order chi connectivity index (χ0) is 20.5. The normalized spacial score (nSPS) is 10.3. The lowest BCUT2D eigenvalue weighted by atomic mass is 10.1. The third-order valence-corrected chi connectivity index (χ3v) is 4.17. The molecule has 0 saturated carbocycles. The second kappa shape index (κ2) is 10.1. The number of amides is 1. The molecule has 1 aromatic heterocycles. The number of aromatic nitrogens is 2. The van der Waals surface area contributed by atoms with E-state index in [0.717, 1.165) is 17.7 Å². The van der Waals surface area contributed by atoms with Gasteiger partial charge in [-0.25, -0.2) is 9.97 Å². The van der Waals surface area contributed by atoms with Crippen LogP contribution >= 0.6 is 0 Å². The maximum Gasteiger partial charge on any atom is 0.275 e. The number of hydrogen-bond donors (Lipinski definition) is 2. The highest BCUT2D eigenvalue weighted by Gasteiger charge is 2.11. The molecule has 0 atom stereocenters. The molecule has 2 N–H and O–H groups in total. The lowest BCUT2D eigenvalue weighted by molar-refractivity contribution is 0.102. The van der Waals surface area contributed by atoms with Gasteiger partial charge >= 0.3 is 0 Å². The van der Waals surface area contributed by atoms with E-state index in [0.29, 0.717) is 30.4 Å². The fourth-order valence-electron chi connectivity index (χ4n) is 2.74. The van der Waals surface area contributed by atoms with Crippen molar-refractivity contribution in [1.82, 2.24) is 9.97 Å². The molecule has 0 spiro atoms. The molecule has 3 aromatic rings. The lowest BCUT2D eigenvalue weighted by Gasteiger charge is -2.11. The van der Waals surface area contributed by atoms with Gasteiger partial charge in [0.1, 0.15) is 23.0 Å². The highest BCUT2D eigenvalue weighted by atomic mass is 16.5. The summed E-state index contributed by atoms with van der Waals surface area (Å²) in [4.78, 5) is 20.9. The van der Waals surface area contributed by atoms with Gasteiger partial charge in [-0.2, -0.15) is 0 Å². The van der Waals surface area contributed by atoms with Gasteiger partial charge < -0.3 is 20.1 Å². The summed E-state index contributed by atoms with van der Waals surface area (Å²) in [6.07, 6.45) is 3.82. The monoisotopic (exact) mass is 392 g/mol.